The van der Waals surface area contributed by atoms with Gasteiger partial charge >= 0.3 is 0 Å². The summed E-state index contributed by atoms with van der Waals surface area (Å²) < 4.78 is 6.37. The quantitative estimate of drug-likeness (QED) is 0.321. The van der Waals surface area contributed by atoms with Crippen LogP contribution in [0, 0.1) is 22.2 Å². The molecule has 3 aromatic rings. The molecule has 4 fully saturated rings. The Morgan fingerprint density at radius 1 is 0.929 bits per heavy atom. The number of aromatic nitrogens is 1. The summed E-state index contributed by atoms with van der Waals surface area (Å²) >= 11 is 6.24. The van der Waals surface area contributed by atoms with E-state index in [-0.39, 0.29) is 53.0 Å². The van der Waals surface area contributed by atoms with E-state index in [9.17, 15) is 29.2 Å². The van der Waals surface area contributed by atoms with E-state index in [0.29, 0.717) is 33.8 Å². The Balaban J connectivity index is 0.817. The monoisotopic (exact) mass is 778 g/mol. The molecule has 8 rings (SSSR count). The van der Waals surface area contributed by atoms with Gasteiger partial charge in [-0.25, -0.2) is 4.98 Å². The predicted molar refractivity (Wildman–Crippen MR) is 207 cm³/mol. The number of nitrogens with zero attached hydrogens (tertiary/aromatic N) is 6. The number of carbonyl (C=O) groups is 5. The first-order valence-corrected chi connectivity index (χ1v) is 19.3. The molecule has 1 aromatic heterocycles. The molecule has 14 nitrogen and oxygen atoms in total. The summed E-state index contributed by atoms with van der Waals surface area (Å²) in [6, 6.07) is 17.4. The highest BCUT2D eigenvalue weighted by Crippen LogP contribution is 2.55. The molecule has 2 aromatic carbocycles. The van der Waals surface area contributed by atoms with Gasteiger partial charge in [-0.05, 0) is 55.0 Å². The third kappa shape index (κ3) is 6.32. The van der Waals surface area contributed by atoms with Gasteiger partial charge in [-0.15, -0.1) is 0 Å². The smallest absolute Gasteiger partial charge is 0.281 e. The van der Waals surface area contributed by atoms with Gasteiger partial charge < -0.3 is 19.9 Å². The molecule has 4 aliphatic heterocycles. The lowest BCUT2D eigenvalue weighted by molar-refractivity contribution is -0.164. The highest BCUT2D eigenvalue weighted by Gasteiger charge is 2.64. The van der Waals surface area contributed by atoms with E-state index in [2.05, 4.69) is 64.1 Å². The number of piperazine rings is 1. The summed E-state index contributed by atoms with van der Waals surface area (Å²) in [5.74, 6) is -1.17. The van der Waals surface area contributed by atoms with Gasteiger partial charge in [0.05, 0.1) is 16.1 Å². The first-order valence-electron chi connectivity index (χ1n) is 18.9. The molecule has 56 heavy (non-hydrogen) atoms. The van der Waals surface area contributed by atoms with Gasteiger partial charge in [-0.2, -0.15) is 5.26 Å². The lowest BCUT2D eigenvalue weighted by Crippen LogP contribution is -2.74. The van der Waals surface area contributed by atoms with Gasteiger partial charge in [0.1, 0.15) is 35.5 Å². The number of hydrogen-bond donors (Lipinski definition) is 2. The lowest BCUT2D eigenvalue weighted by Gasteiger charge is -2.63. The predicted octanol–water partition coefficient (Wildman–Crippen LogP) is 3.63. The second kappa shape index (κ2) is 13.9. The first kappa shape index (κ1) is 37.4. The first-order chi connectivity index (χ1) is 26.7. The van der Waals surface area contributed by atoms with Crippen molar-refractivity contribution in [3.63, 3.8) is 0 Å². The fourth-order valence-corrected chi connectivity index (χ4v) is 9.57. The number of halogens is 1. The SMILES string of the molecule is CC1(C)C(NC(=O)c2ccc(N3CCN(C4CN(c5ccc6c(n5)C(=O)N(C5CCC(=O)NC5=O)C6=O)C4)CC3)cc2)C(C)(C)C1Oc1ccc(C#N)c(Cl)c1. The lowest BCUT2D eigenvalue weighted by atomic mass is 9.49. The molecule has 1 aliphatic carbocycles. The molecule has 1 saturated carbocycles. The number of nitrogens with one attached hydrogen (secondary N) is 2. The Morgan fingerprint density at radius 2 is 1.62 bits per heavy atom. The maximum Gasteiger partial charge on any atom is 0.281 e. The van der Waals surface area contributed by atoms with E-state index >= 15 is 0 Å². The van der Waals surface area contributed by atoms with Gasteiger partial charge in [0.25, 0.3) is 17.7 Å². The minimum Gasteiger partial charge on any atom is -0.489 e. The maximum absolute atomic E-state index is 13.5. The van der Waals surface area contributed by atoms with Crippen LogP contribution in [0.15, 0.2) is 54.6 Å². The van der Waals surface area contributed by atoms with Crippen LogP contribution in [0.3, 0.4) is 0 Å². The number of nitriles is 1. The zero-order valence-electron chi connectivity index (χ0n) is 31.7. The van der Waals surface area contributed by atoms with Gasteiger partial charge in [-0.3, -0.25) is 39.1 Å². The number of anilines is 2. The molecule has 0 radical (unpaired) electrons. The van der Waals surface area contributed by atoms with Crippen molar-refractivity contribution in [3.05, 3.63) is 82.0 Å². The van der Waals surface area contributed by atoms with Crippen molar-refractivity contribution >= 4 is 52.6 Å². The molecule has 290 valence electrons. The second-order valence-corrected chi connectivity index (χ2v) is 16.8. The molecule has 2 N–H and O–H groups in total. The Bertz CT molecular complexity index is 2170. The Labute approximate surface area is 329 Å². The number of hydrogen-bond acceptors (Lipinski definition) is 11. The number of benzene rings is 2. The van der Waals surface area contributed by atoms with Crippen LogP contribution in [-0.2, 0) is 9.59 Å². The molecule has 3 saturated heterocycles. The van der Waals surface area contributed by atoms with Crippen LogP contribution in [0.4, 0.5) is 11.5 Å². The van der Waals surface area contributed by atoms with Crippen molar-refractivity contribution in [2.24, 2.45) is 10.8 Å². The summed E-state index contributed by atoms with van der Waals surface area (Å²) in [5, 5.41) is 15.0. The number of piperidine rings is 1. The highest BCUT2D eigenvalue weighted by molar-refractivity contribution is 6.31. The van der Waals surface area contributed by atoms with E-state index < -0.39 is 29.7 Å². The third-order valence-electron chi connectivity index (χ3n) is 12.2. The minimum absolute atomic E-state index is 0.0407. The fourth-order valence-electron chi connectivity index (χ4n) is 9.36. The van der Waals surface area contributed by atoms with Crippen LogP contribution >= 0.6 is 11.6 Å². The molecule has 5 heterocycles. The Kier molecular flexibility index (Phi) is 9.28. The number of amides is 5. The Hall–Kier alpha value is -5.52. The van der Waals surface area contributed by atoms with Crippen molar-refractivity contribution in [1.82, 2.24) is 25.4 Å². The zero-order chi connectivity index (χ0) is 39.7. The molecule has 0 bridgehead atoms. The van der Waals surface area contributed by atoms with Crippen molar-refractivity contribution < 1.29 is 28.7 Å². The van der Waals surface area contributed by atoms with Crippen LogP contribution in [-0.4, -0.2) is 108 Å². The standard InChI is InChI=1S/C41H43ClN8O6/c1-40(2)38(41(3,4)39(40)56-27-10-7-24(20-43)29(42)19-27)46-34(52)23-5-8-25(9-6-23)47-15-17-48(18-16-47)26-21-49(22-26)31-13-11-28-33(44-31)37(55)50(36(28)54)30-12-14-32(51)45-35(30)53/h5-11,13,19,26,30,38-39H,12,14-18,21-22H2,1-4H3,(H,46,52)(H,45,51,53). The van der Waals surface area contributed by atoms with Crippen molar-refractivity contribution in [3.8, 4) is 11.8 Å². The number of carbonyl (C=O) groups excluding carboxylic acids is 5. The van der Waals surface area contributed by atoms with Crippen LogP contribution in [0.25, 0.3) is 0 Å². The Morgan fingerprint density at radius 3 is 2.27 bits per heavy atom. The van der Waals surface area contributed by atoms with E-state index in [0.717, 1.165) is 49.9 Å². The molecule has 1 unspecified atom stereocenters. The zero-order valence-corrected chi connectivity index (χ0v) is 32.4. The number of pyridine rings is 1. The molecular formula is C41H43ClN8O6. The average Bonchev–Trinajstić information content (AvgIpc) is 3.40. The van der Waals surface area contributed by atoms with Crippen LogP contribution in [0.1, 0.15) is 77.3 Å². The van der Waals surface area contributed by atoms with Gasteiger partial charge in [-0.1, -0.05) is 39.3 Å². The van der Waals surface area contributed by atoms with Gasteiger partial charge in [0.2, 0.25) is 11.8 Å². The topological polar surface area (TPSA) is 168 Å². The van der Waals surface area contributed by atoms with Crippen molar-refractivity contribution in [2.45, 2.75) is 64.8 Å². The van der Waals surface area contributed by atoms with E-state index in [4.69, 9.17) is 16.3 Å². The van der Waals surface area contributed by atoms with Crippen LogP contribution in [0.5, 0.6) is 5.75 Å². The molecule has 0 spiro atoms. The highest BCUT2D eigenvalue weighted by atomic mass is 35.5. The summed E-state index contributed by atoms with van der Waals surface area (Å²) in [4.78, 5) is 76.1. The van der Waals surface area contributed by atoms with Crippen LogP contribution < -0.4 is 25.2 Å². The number of imide groups is 2. The second-order valence-electron chi connectivity index (χ2n) is 16.4. The van der Waals surface area contributed by atoms with E-state index in [1.807, 2.05) is 24.3 Å². The molecule has 15 heteroatoms. The number of fused-ring (bicyclic) bond motifs is 1. The fraction of sp³-hybridized carbons (Fsp3) is 0.439. The van der Waals surface area contributed by atoms with Crippen LogP contribution in [0.2, 0.25) is 5.02 Å². The summed E-state index contributed by atoms with van der Waals surface area (Å²) in [6.07, 6.45) is -0.0297. The van der Waals surface area contributed by atoms with Gasteiger partial charge in [0, 0.05) is 85.9 Å². The summed E-state index contributed by atoms with van der Waals surface area (Å²) in [5.41, 5.74) is 1.52. The number of ether oxygens (including phenoxy) is 1. The van der Waals surface area contributed by atoms with E-state index in [1.54, 1.807) is 30.3 Å². The molecule has 5 aliphatic rings. The molecule has 5 amide bonds. The van der Waals surface area contributed by atoms with Crippen molar-refractivity contribution in [2.75, 3.05) is 49.1 Å². The third-order valence-corrected chi connectivity index (χ3v) is 12.5. The minimum atomic E-state index is -1.02. The maximum atomic E-state index is 13.5. The van der Waals surface area contributed by atoms with Crippen molar-refractivity contribution in [1.29, 1.82) is 5.26 Å². The largest absolute Gasteiger partial charge is 0.489 e. The normalized spacial score (nSPS) is 24.5. The van der Waals surface area contributed by atoms with Gasteiger partial charge in [0.15, 0.2) is 0 Å². The van der Waals surface area contributed by atoms with E-state index in [1.165, 1.54) is 0 Å². The molecule has 1 atom stereocenters. The number of rotatable bonds is 8. The summed E-state index contributed by atoms with van der Waals surface area (Å²) in [6.45, 7) is 13.2. The summed E-state index contributed by atoms with van der Waals surface area (Å²) in [7, 11) is 0. The average molecular weight is 779 g/mol. The molecular weight excluding hydrogens is 736 g/mol.